The zero-order valence-corrected chi connectivity index (χ0v) is 19.8. The van der Waals surface area contributed by atoms with Crippen molar-refractivity contribution in [1.82, 2.24) is 19.2 Å². The van der Waals surface area contributed by atoms with Gasteiger partial charge in [-0.15, -0.1) is 10.2 Å². The Kier molecular flexibility index (Phi) is 5.36. The highest BCUT2D eigenvalue weighted by Crippen LogP contribution is 2.49. The molecule has 166 valence electrons. The fourth-order valence-corrected chi connectivity index (χ4v) is 6.30. The summed E-state index contributed by atoms with van der Waals surface area (Å²) in [6, 6.07) is 8.57. The molecule has 2 aliphatic rings. The third kappa shape index (κ3) is 3.36. The fraction of sp³-hybridized carbons (Fsp3) is 0.423. The Balaban J connectivity index is 1.88. The number of hydrogen-bond donors (Lipinski definition) is 0. The number of nitrogens with zero attached hydrogens (tertiary/aromatic N) is 4. The molecular formula is C26H30N4OS. The van der Waals surface area contributed by atoms with Crippen molar-refractivity contribution in [3.63, 3.8) is 0 Å². The summed E-state index contributed by atoms with van der Waals surface area (Å²) in [7, 11) is 0. The minimum absolute atomic E-state index is 0.0542. The van der Waals surface area contributed by atoms with Crippen molar-refractivity contribution in [2.45, 2.75) is 69.5 Å². The summed E-state index contributed by atoms with van der Waals surface area (Å²) in [5, 5.41) is 9.60. The van der Waals surface area contributed by atoms with Crippen LogP contribution in [0.4, 0.5) is 0 Å². The minimum atomic E-state index is -0.120. The smallest absolute Gasteiger partial charge is 0.265 e. The number of aromatic nitrogens is 4. The van der Waals surface area contributed by atoms with E-state index < -0.39 is 0 Å². The first-order valence-electron chi connectivity index (χ1n) is 11.4. The molecule has 0 aliphatic heterocycles. The Bertz CT molecular complexity index is 1290. The van der Waals surface area contributed by atoms with Crippen LogP contribution in [0.5, 0.6) is 0 Å². The standard InChI is InChI=1S/C26H30N4OS/c1-17(2)15-29-22-20-11-7-6-10-19(20)14-26(12-8-5-9-13-26)21(22)23(31)30-24(29)27-28-25(30)32-16-18(3)4/h6-7,10-11H,1,3,5,8-9,12-16H2,2,4H3. The van der Waals surface area contributed by atoms with Gasteiger partial charge in [-0.2, -0.15) is 0 Å². The summed E-state index contributed by atoms with van der Waals surface area (Å²) in [5.74, 6) is 1.31. The van der Waals surface area contributed by atoms with Crippen LogP contribution in [0, 0.1) is 0 Å². The van der Waals surface area contributed by atoms with E-state index in [2.05, 4.69) is 52.2 Å². The molecule has 1 saturated carbocycles. The van der Waals surface area contributed by atoms with Crippen molar-refractivity contribution < 1.29 is 0 Å². The summed E-state index contributed by atoms with van der Waals surface area (Å²) < 4.78 is 3.94. The predicted octanol–water partition coefficient (Wildman–Crippen LogP) is 5.56. The predicted molar refractivity (Wildman–Crippen MR) is 132 cm³/mol. The first-order valence-corrected chi connectivity index (χ1v) is 12.4. The molecule has 3 aromatic rings. The van der Waals surface area contributed by atoms with Gasteiger partial charge in [0.2, 0.25) is 5.78 Å². The molecule has 1 spiro atoms. The van der Waals surface area contributed by atoms with Crippen LogP contribution < -0.4 is 5.56 Å². The van der Waals surface area contributed by atoms with E-state index in [1.165, 1.54) is 36.6 Å². The second-order valence-corrected chi connectivity index (χ2v) is 10.6. The molecule has 6 heteroatoms. The van der Waals surface area contributed by atoms with Gasteiger partial charge in [0.25, 0.3) is 5.56 Å². The van der Waals surface area contributed by atoms with Crippen LogP contribution in [0.25, 0.3) is 17.0 Å². The summed E-state index contributed by atoms with van der Waals surface area (Å²) in [5.41, 5.74) is 6.47. The molecule has 2 aromatic heterocycles. The molecule has 1 fully saturated rings. The molecular weight excluding hydrogens is 416 g/mol. The van der Waals surface area contributed by atoms with Crippen molar-refractivity contribution in [3.05, 3.63) is 70.1 Å². The van der Waals surface area contributed by atoms with Crippen LogP contribution >= 0.6 is 11.8 Å². The normalized spacial score (nSPS) is 16.7. The van der Waals surface area contributed by atoms with E-state index in [-0.39, 0.29) is 11.0 Å². The number of rotatable bonds is 5. The first-order chi connectivity index (χ1) is 15.4. The van der Waals surface area contributed by atoms with Crippen LogP contribution in [0.3, 0.4) is 0 Å². The maximum absolute atomic E-state index is 14.2. The van der Waals surface area contributed by atoms with Crippen LogP contribution in [-0.4, -0.2) is 24.9 Å². The number of allylic oxidation sites excluding steroid dienone is 1. The molecule has 0 atom stereocenters. The largest absolute Gasteiger partial charge is 0.305 e. The van der Waals surface area contributed by atoms with Gasteiger partial charge in [0.05, 0.1) is 5.69 Å². The van der Waals surface area contributed by atoms with E-state index >= 15 is 0 Å². The maximum atomic E-state index is 14.2. The van der Waals surface area contributed by atoms with Gasteiger partial charge in [-0.05, 0) is 38.7 Å². The van der Waals surface area contributed by atoms with E-state index in [0.29, 0.717) is 23.2 Å². The van der Waals surface area contributed by atoms with Gasteiger partial charge in [-0.25, -0.2) is 4.40 Å². The third-order valence-corrected chi connectivity index (χ3v) is 7.96. The molecule has 5 rings (SSSR count). The highest BCUT2D eigenvalue weighted by atomic mass is 32.2. The second kappa shape index (κ2) is 8.07. The molecule has 1 aromatic carbocycles. The van der Waals surface area contributed by atoms with Crippen LogP contribution in [0.1, 0.15) is 57.1 Å². The van der Waals surface area contributed by atoms with Crippen molar-refractivity contribution in [3.8, 4) is 11.3 Å². The highest BCUT2D eigenvalue weighted by molar-refractivity contribution is 7.99. The lowest BCUT2D eigenvalue weighted by atomic mass is 9.62. The van der Waals surface area contributed by atoms with Crippen LogP contribution in [0.15, 0.2) is 58.5 Å². The van der Waals surface area contributed by atoms with E-state index in [0.717, 1.165) is 47.2 Å². The first kappa shape index (κ1) is 21.3. The molecule has 32 heavy (non-hydrogen) atoms. The van der Waals surface area contributed by atoms with E-state index in [1.54, 1.807) is 4.40 Å². The van der Waals surface area contributed by atoms with Gasteiger partial charge < -0.3 is 4.57 Å². The zero-order valence-electron chi connectivity index (χ0n) is 19.0. The lowest BCUT2D eigenvalue weighted by Crippen LogP contribution is -2.43. The summed E-state index contributed by atoms with van der Waals surface area (Å²) in [6.45, 7) is 12.8. The lowest BCUT2D eigenvalue weighted by molar-refractivity contribution is 0.283. The summed E-state index contributed by atoms with van der Waals surface area (Å²) >= 11 is 1.53. The zero-order chi connectivity index (χ0) is 22.5. The molecule has 2 heterocycles. The monoisotopic (exact) mass is 446 g/mol. The minimum Gasteiger partial charge on any atom is -0.305 e. The number of benzene rings is 1. The molecule has 5 nitrogen and oxygen atoms in total. The van der Waals surface area contributed by atoms with Crippen LogP contribution in [0.2, 0.25) is 0 Å². The molecule has 2 aliphatic carbocycles. The third-order valence-electron chi connectivity index (χ3n) is 6.80. The van der Waals surface area contributed by atoms with E-state index in [1.807, 2.05) is 13.8 Å². The van der Waals surface area contributed by atoms with Crippen molar-refractivity contribution in [2.24, 2.45) is 0 Å². The van der Waals surface area contributed by atoms with Gasteiger partial charge in [0.15, 0.2) is 5.16 Å². The highest BCUT2D eigenvalue weighted by Gasteiger charge is 2.44. The molecule has 0 radical (unpaired) electrons. The summed E-state index contributed by atoms with van der Waals surface area (Å²) in [4.78, 5) is 14.2. The maximum Gasteiger partial charge on any atom is 0.265 e. The SMILES string of the molecule is C=C(C)CSc1nnc2n(CC(=C)C)c3c(c(=O)n12)C1(CCCCC1)Cc1ccccc1-3. The molecule has 0 N–H and O–H groups in total. The summed E-state index contributed by atoms with van der Waals surface area (Å²) in [6.07, 6.45) is 6.61. The van der Waals surface area contributed by atoms with Gasteiger partial charge in [-0.3, -0.25) is 4.79 Å². The van der Waals surface area contributed by atoms with E-state index in [9.17, 15) is 4.79 Å². The van der Waals surface area contributed by atoms with Crippen molar-refractivity contribution >= 4 is 17.5 Å². The molecule has 0 unspecified atom stereocenters. The Hall–Kier alpha value is -2.60. The van der Waals surface area contributed by atoms with Gasteiger partial charge >= 0.3 is 0 Å². The van der Waals surface area contributed by atoms with Gasteiger partial charge in [-0.1, -0.05) is 79.6 Å². The van der Waals surface area contributed by atoms with Gasteiger partial charge in [0.1, 0.15) is 0 Å². The Morgan fingerprint density at radius 3 is 2.56 bits per heavy atom. The van der Waals surface area contributed by atoms with E-state index in [4.69, 9.17) is 0 Å². The molecule has 0 saturated heterocycles. The average molecular weight is 447 g/mol. The second-order valence-electron chi connectivity index (χ2n) is 9.61. The Labute approximate surface area is 193 Å². The number of hydrogen-bond acceptors (Lipinski definition) is 4. The fourth-order valence-electron chi connectivity index (χ4n) is 5.54. The quantitative estimate of drug-likeness (QED) is 0.380. The van der Waals surface area contributed by atoms with Crippen LogP contribution in [-0.2, 0) is 18.4 Å². The Morgan fingerprint density at radius 2 is 1.84 bits per heavy atom. The number of fused-ring (bicyclic) bond motifs is 5. The molecule has 0 amide bonds. The lowest BCUT2D eigenvalue weighted by Gasteiger charge is -2.43. The average Bonchev–Trinajstić information content (AvgIpc) is 3.19. The number of thioether (sulfide) groups is 1. The molecule has 0 bridgehead atoms. The topological polar surface area (TPSA) is 52.2 Å². The Morgan fingerprint density at radius 1 is 1.09 bits per heavy atom. The van der Waals surface area contributed by atoms with Crippen molar-refractivity contribution in [1.29, 1.82) is 0 Å². The van der Waals surface area contributed by atoms with Gasteiger partial charge in [0, 0.05) is 28.8 Å². The van der Waals surface area contributed by atoms with Crippen molar-refractivity contribution in [2.75, 3.05) is 5.75 Å².